The van der Waals surface area contributed by atoms with Crippen LogP contribution in [0.4, 0.5) is 18.9 Å². The summed E-state index contributed by atoms with van der Waals surface area (Å²) >= 11 is 0. The van der Waals surface area contributed by atoms with Crippen molar-refractivity contribution in [3.05, 3.63) is 48.0 Å². The maximum atomic E-state index is 12.8. The Morgan fingerprint density at radius 2 is 1.70 bits per heavy atom. The van der Waals surface area contributed by atoms with Gasteiger partial charge < -0.3 is 10.7 Å². The maximum Gasteiger partial charge on any atom is 0.418 e. The predicted molar refractivity (Wildman–Crippen MR) is 70.9 cm³/mol. The number of imidazole rings is 1. The van der Waals surface area contributed by atoms with Crippen molar-refractivity contribution < 1.29 is 13.2 Å². The fraction of sp³-hybridized carbons (Fsp3) is 0.0714. The number of nitrogens with two attached hydrogens (primary N) is 1. The summed E-state index contributed by atoms with van der Waals surface area (Å²) in [5, 5.41) is 0. The van der Waals surface area contributed by atoms with E-state index >= 15 is 0 Å². The van der Waals surface area contributed by atoms with Gasteiger partial charge in [-0.2, -0.15) is 13.2 Å². The number of rotatable bonds is 1. The quantitative estimate of drug-likeness (QED) is 0.664. The van der Waals surface area contributed by atoms with E-state index in [-0.39, 0.29) is 11.2 Å². The van der Waals surface area contributed by atoms with Crippen molar-refractivity contribution in [3.63, 3.8) is 0 Å². The van der Waals surface area contributed by atoms with Gasteiger partial charge in [0.1, 0.15) is 11.3 Å². The highest BCUT2D eigenvalue weighted by Crippen LogP contribution is 2.37. The molecule has 102 valence electrons. The molecule has 0 spiro atoms. The lowest BCUT2D eigenvalue weighted by Gasteiger charge is -2.09. The van der Waals surface area contributed by atoms with Gasteiger partial charge in [-0.25, -0.2) is 4.98 Å². The minimum Gasteiger partial charge on any atom is -0.396 e. The van der Waals surface area contributed by atoms with E-state index in [1.165, 1.54) is 6.07 Å². The van der Waals surface area contributed by atoms with Crippen LogP contribution in [0.2, 0.25) is 0 Å². The SMILES string of the molecule is Nc1c(C(F)(F)F)ccc2[nH]c(-c3ccccc3)nc12. The minimum absolute atomic E-state index is 0.138. The highest BCUT2D eigenvalue weighted by molar-refractivity contribution is 5.91. The van der Waals surface area contributed by atoms with Gasteiger partial charge in [0.2, 0.25) is 0 Å². The molecule has 0 fully saturated rings. The van der Waals surface area contributed by atoms with E-state index in [1.54, 1.807) is 0 Å². The maximum absolute atomic E-state index is 12.8. The Hall–Kier alpha value is -2.50. The molecule has 1 heterocycles. The molecule has 0 amide bonds. The summed E-state index contributed by atoms with van der Waals surface area (Å²) in [6, 6.07) is 11.4. The van der Waals surface area contributed by atoms with Gasteiger partial charge in [0.15, 0.2) is 0 Å². The molecule has 0 atom stereocenters. The summed E-state index contributed by atoms with van der Waals surface area (Å²) in [6.07, 6.45) is -4.48. The largest absolute Gasteiger partial charge is 0.418 e. The summed E-state index contributed by atoms with van der Waals surface area (Å²) in [4.78, 5) is 7.15. The standard InChI is InChI=1S/C14H10F3N3/c15-14(16,17)9-6-7-10-12(11(9)18)20-13(19-10)8-4-2-1-3-5-8/h1-7H,18H2,(H,19,20). The number of anilines is 1. The molecule has 0 radical (unpaired) electrons. The first-order valence-electron chi connectivity index (χ1n) is 5.87. The number of alkyl halides is 3. The number of fused-ring (bicyclic) bond motifs is 1. The molecule has 20 heavy (non-hydrogen) atoms. The second-order valence-electron chi connectivity index (χ2n) is 4.37. The van der Waals surface area contributed by atoms with Crippen LogP contribution in [0.15, 0.2) is 42.5 Å². The lowest BCUT2D eigenvalue weighted by molar-refractivity contribution is -0.136. The zero-order valence-electron chi connectivity index (χ0n) is 10.2. The number of aromatic nitrogens is 2. The average Bonchev–Trinajstić information content (AvgIpc) is 2.83. The van der Waals surface area contributed by atoms with Crippen LogP contribution in [0.5, 0.6) is 0 Å². The Morgan fingerprint density at radius 3 is 2.35 bits per heavy atom. The molecule has 6 heteroatoms. The molecule has 0 saturated carbocycles. The first-order valence-corrected chi connectivity index (χ1v) is 5.87. The van der Waals surface area contributed by atoms with E-state index < -0.39 is 11.7 Å². The van der Waals surface area contributed by atoms with Crippen LogP contribution in [0.1, 0.15) is 5.56 Å². The fourth-order valence-electron chi connectivity index (χ4n) is 2.08. The van der Waals surface area contributed by atoms with Crippen LogP contribution in [0, 0.1) is 0 Å². The van der Waals surface area contributed by atoms with E-state index in [1.807, 2.05) is 30.3 Å². The second-order valence-corrected chi connectivity index (χ2v) is 4.37. The van der Waals surface area contributed by atoms with Gasteiger partial charge in [0.05, 0.1) is 16.8 Å². The van der Waals surface area contributed by atoms with Crippen LogP contribution >= 0.6 is 0 Å². The number of H-pyrrole nitrogens is 1. The normalized spacial score (nSPS) is 11.9. The average molecular weight is 277 g/mol. The molecule has 3 N–H and O–H groups in total. The van der Waals surface area contributed by atoms with Crippen LogP contribution < -0.4 is 5.73 Å². The van der Waals surface area contributed by atoms with Crippen LogP contribution in [-0.2, 0) is 6.18 Å². The van der Waals surface area contributed by atoms with Crippen molar-refractivity contribution in [2.75, 3.05) is 5.73 Å². The molecule has 3 aromatic rings. The zero-order valence-corrected chi connectivity index (χ0v) is 10.2. The Bertz CT molecular complexity index is 760. The van der Waals surface area contributed by atoms with Gasteiger partial charge >= 0.3 is 6.18 Å². The molecular formula is C14H10F3N3. The van der Waals surface area contributed by atoms with E-state index in [9.17, 15) is 13.2 Å². The Labute approximate surface area is 112 Å². The summed E-state index contributed by atoms with van der Waals surface area (Å²) in [7, 11) is 0. The highest BCUT2D eigenvalue weighted by atomic mass is 19.4. The summed E-state index contributed by atoms with van der Waals surface area (Å²) in [6.45, 7) is 0. The number of aromatic amines is 1. The smallest absolute Gasteiger partial charge is 0.396 e. The summed E-state index contributed by atoms with van der Waals surface area (Å²) in [5.41, 5.74) is 5.78. The third kappa shape index (κ3) is 1.99. The van der Waals surface area contributed by atoms with Crippen molar-refractivity contribution >= 4 is 16.7 Å². The molecule has 0 bridgehead atoms. The lowest BCUT2D eigenvalue weighted by atomic mass is 10.1. The Balaban J connectivity index is 2.20. The number of nitrogen functional groups attached to an aromatic ring is 1. The molecule has 1 aromatic heterocycles. The van der Waals surface area contributed by atoms with Crippen LogP contribution in [-0.4, -0.2) is 9.97 Å². The molecular weight excluding hydrogens is 267 g/mol. The van der Waals surface area contributed by atoms with Gasteiger partial charge in [0, 0.05) is 5.56 Å². The highest BCUT2D eigenvalue weighted by Gasteiger charge is 2.34. The number of halogens is 3. The number of benzene rings is 2. The van der Waals surface area contributed by atoms with Gasteiger partial charge in [-0.15, -0.1) is 0 Å². The van der Waals surface area contributed by atoms with Crippen LogP contribution in [0.25, 0.3) is 22.4 Å². The molecule has 2 aromatic carbocycles. The third-order valence-electron chi connectivity index (χ3n) is 3.05. The Morgan fingerprint density at radius 1 is 1.00 bits per heavy atom. The monoisotopic (exact) mass is 277 g/mol. The minimum atomic E-state index is -4.48. The lowest BCUT2D eigenvalue weighted by Crippen LogP contribution is -2.08. The third-order valence-corrected chi connectivity index (χ3v) is 3.05. The topological polar surface area (TPSA) is 54.7 Å². The first kappa shape index (κ1) is 12.5. The molecule has 0 saturated heterocycles. The van der Waals surface area contributed by atoms with Crippen molar-refractivity contribution in [2.45, 2.75) is 6.18 Å². The molecule has 3 nitrogen and oxygen atoms in total. The summed E-state index contributed by atoms with van der Waals surface area (Å²) in [5.74, 6) is 0.492. The number of hydrogen-bond acceptors (Lipinski definition) is 2. The van der Waals surface area contributed by atoms with Gasteiger partial charge in [0.25, 0.3) is 0 Å². The van der Waals surface area contributed by atoms with E-state index in [0.29, 0.717) is 11.3 Å². The van der Waals surface area contributed by atoms with Crippen molar-refractivity contribution in [2.24, 2.45) is 0 Å². The van der Waals surface area contributed by atoms with E-state index in [4.69, 9.17) is 5.73 Å². The molecule has 3 rings (SSSR count). The second kappa shape index (κ2) is 4.26. The van der Waals surface area contributed by atoms with Gasteiger partial charge in [-0.05, 0) is 12.1 Å². The van der Waals surface area contributed by atoms with Crippen molar-refractivity contribution in [3.8, 4) is 11.4 Å². The van der Waals surface area contributed by atoms with E-state index in [0.717, 1.165) is 11.6 Å². The molecule has 0 aliphatic rings. The van der Waals surface area contributed by atoms with Crippen molar-refractivity contribution in [1.82, 2.24) is 9.97 Å². The number of hydrogen-bond donors (Lipinski definition) is 2. The fourth-order valence-corrected chi connectivity index (χ4v) is 2.08. The predicted octanol–water partition coefficient (Wildman–Crippen LogP) is 3.83. The van der Waals surface area contributed by atoms with Gasteiger partial charge in [-0.1, -0.05) is 30.3 Å². The van der Waals surface area contributed by atoms with E-state index in [2.05, 4.69) is 9.97 Å². The Kier molecular flexibility index (Phi) is 2.67. The first-order chi connectivity index (χ1) is 9.47. The molecule has 0 aliphatic carbocycles. The van der Waals surface area contributed by atoms with Crippen LogP contribution in [0.3, 0.4) is 0 Å². The number of nitrogens with one attached hydrogen (secondary N) is 1. The van der Waals surface area contributed by atoms with Crippen molar-refractivity contribution in [1.29, 1.82) is 0 Å². The molecule has 0 aliphatic heterocycles. The summed E-state index contributed by atoms with van der Waals surface area (Å²) < 4.78 is 38.4. The molecule has 0 unspecified atom stereocenters. The van der Waals surface area contributed by atoms with Gasteiger partial charge in [-0.3, -0.25) is 0 Å². The zero-order chi connectivity index (χ0) is 14.3. The number of nitrogens with zero attached hydrogens (tertiary/aromatic N) is 1.